The molecule has 0 saturated carbocycles. The van der Waals surface area contributed by atoms with Crippen LogP contribution in [0.2, 0.25) is 0 Å². The van der Waals surface area contributed by atoms with Crippen LogP contribution < -0.4 is 19.3 Å². The van der Waals surface area contributed by atoms with Gasteiger partial charge in [-0.3, -0.25) is 0 Å². The van der Waals surface area contributed by atoms with E-state index in [2.05, 4.69) is 51.2 Å². The smallest absolute Gasteiger partial charge is 0.415 e. The van der Waals surface area contributed by atoms with E-state index in [1.54, 1.807) is 78.9 Å². The Balaban J connectivity index is 0.000000777. The Morgan fingerprint density at radius 1 is 0.618 bits per heavy atom. The van der Waals surface area contributed by atoms with E-state index in [9.17, 15) is 26.4 Å². The average Bonchev–Trinajstić information content (AvgIpc) is 3.09. The molecule has 11 nitrogen and oxygen atoms in total. The molecule has 0 aliphatic heterocycles. The van der Waals surface area contributed by atoms with Gasteiger partial charge < -0.3 is 14.4 Å². The first kappa shape index (κ1) is 50.7. The Hall–Kier alpha value is -4.27. The molecular weight excluding hydrogens is 762 g/mol. The Bertz CT molecular complexity index is 1920. The third-order valence-corrected chi connectivity index (χ3v) is 9.87. The normalized spacial score (nSPS) is 11.1. The highest BCUT2D eigenvalue weighted by Gasteiger charge is 2.21. The number of hydrogen-bond acceptors (Lipinski definition) is 9. The molecule has 1 amide bonds. The summed E-state index contributed by atoms with van der Waals surface area (Å²) in [6, 6.07) is 30.0. The van der Waals surface area contributed by atoms with E-state index in [0.29, 0.717) is 5.75 Å². The summed E-state index contributed by atoms with van der Waals surface area (Å²) in [5.74, 6) is 0.728. The van der Waals surface area contributed by atoms with Crippen molar-refractivity contribution >= 4 is 43.2 Å². The fraction of sp³-hybridized carbons (Fsp3) is 0.366. The van der Waals surface area contributed by atoms with Gasteiger partial charge in [0.2, 0.25) is 10.0 Å². The fourth-order valence-electron chi connectivity index (χ4n) is 4.32. The van der Waals surface area contributed by atoms with Crippen molar-refractivity contribution in [3.8, 4) is 11.5 Å². The van der Waals surface area contributed by atoms with Crippen molar-refractivity contribution in [2.75, 3.05) is 19.6 Å². The highest BCUT2D eigenvalue weighted by Crippen LogP contribution is 2.24. The number of hydrogen-bond donors (Lipinski definition) is 2. The number of rotatable bonds is 8. The number of carbonyl (C=O) groups excluding carboxylic acids is 2. The van der Waals surface area contributed by atoms with Gasteiger partial charge in [-0.1, -0.05) is 130 Å². The molecule has 4 aromatic carbocycles. The second kappa shape index (κ2) is 23.6. The Labute approximate surface area is 334 Å². The van der Waals surface area contributed by atoms with Crippen LogP contribution in [0.15, 0.2) is 119 Å². The standard InChI is InChI=1S/C17H19NO4S.C10H15NO2S.C7H5ClO2.C6H15N.CH4/c1-17(2,3)13-9-11-15(12-10-13)23(20,21)18-16(19)22-14-7-5-4-6-8-14;1-10(2,3)8-4-6-9(7-5-8)14(11,12)13;8-7(9)10-6-4-2-1-3-5-6;1-4-7(5-2)6-3;/h4-12H,1-3H3,(H,18,19);4-7H,1-3H3,(H2,11,12,13);1-5H;4-6H2,1-3H3;1H4. The van der Waals surface area contributed by atoms with Gasteiger partial charge in [-0.15, -0.1) is 0 Å². The number of nitrogens with two attached hydrogens (primary N) is 1. The number of primary sulfonamides is 1. The van der Waals surface area contributed by atoms with Crippen molar-refractivity contribution in [1.82, 2.24) is 9.62 Å². The molecule has 0 radical (unpaired) electrons. The zero-order valence-corrected chi connectivity index (χ0v) is 34.9. The highest BCUT2D eigenvalue weighted by molar-refractivity contribution is 7.90. The topological polar surface area (TPSA) is 162 Å². The molecule has 0 saturated heterocycles. The maximum absolute atomic E-state index is 12.2. The van der Waals surface area contributed by atoms with Gasteiger partial charge >= 0.3 is 11.5 Å². The zero-order chi connectivity index (χ0) is 41.2. The summed E-state index contributed by atoms with van der Waals surface area (Å²) in [6.45, 7) is 22.4. The van der Waals surface area contributed by atoms with E-state index in [1.165, 1.54) is 43.9 Å². The Kier molecular flexibility index (Phi) is 21.8. The van der Waals surface area contributed by atoms with Crippen LogP contribution in [-0.4, -0.2) is 52.9 Å². The van der Waals surface area contributed by atoms with Gasteiger partial charge in [-0.2, -0.15) is 0 Å². The second-order valence-corrected chi connectivity index (χ2v) is 17.2. The minimum atomic E-state index is -3.97. The molecule has 0 bridgehead atoms. The first-order valence-electron chi connectivity index (χ1n) is 17.2. The number of nitrogens with one attached hydrogen (secondary N) is 1. The second-order valence-electron chi connectivity index (χ2n) is 13.7. The summed E-state index contributed by atoms with van der Waals surface area (Å²) in [5.41, 5.74) is 1.22. The highest BCUT2D eigenvalue weighted by atomic mass is 35.5. The molecule has 4 aromatic rings. The molecule has 0 spiro atoms. The molecule has 0 aromatic heterocycles. The van der Waals surface area contributed by atoms with Crippen LogP contribution >= 0.6 is 11.6 Å². The van der Waals surface area contributed by atoms with Crippen LogP contribution in [-0.2, 0) is 30.9 Å². The zero-order valence-electron chi connectivity index (χ0n) is 32.5. The van der Waals surface area contributed by atoms with E-state index >= 15 is 0 Å². The van der Waals surface area contributed by atoms with E-state index in [0.717, 1.165) is 11.1 Å². The maximum atomic E-state index is 12.2. The van der Waals surface area contributed by atoms with Crippen molar-refractivity contribution in [1.29, 1.82) is 0 Å². The van der Waals surface area contributed by atoms with Crippen LogP contribution in [0.4, 0.5) is 9.59 Å². The molecule has 4 rings (SSSR count). The Morgan fingerprint density at radius 2 is 0.964 bits per heavy atom. The van der Waals surface area contributed by atoms with Crippen molar-refractivity contribution in [3.63, 3.8) is 0 Å². The van der Waals surface area contributed by atoms with Crippen LogP contribution in [0.3, 0.4) is 0 Å². The number of ether oxygens (including phenoxy) is 2. The summed E-state index contributed by atoms with van der Waals surface area (Å²) in [7, 11) is -7.53. The van der Waals surface area contributed by atoms with Crippen LogP contribution in [0.5, 0.6) is 11.5 Å². The third-order valence-electron chi connectivity index (χ3n) is 7.53. The van der Waals surface area contributed by atoms with Crippen LogP contribution in [0, 0.1) is 0 Å². The lowest BCUT2D eigenvalue weighted by molar-refractivity contribution is 0.206. The summed E-state index contributed by atoms with van der Waals surface area (Å²) < 4.78 is 57.7. The van der Waals surface area contributed by atoms with Gasteiger partial charge in [0.15, 0.2) is 0 Å². The minimum absolute atomic E-state index is 0. The van der Waals surface area contributed by atoms with Crippen LogP contribution in [0.25, 0.3) is 0 Å². The predicted octanol–water partition coefficient (Wildman–Crippen LogP) is 9.50. The van der Waals surface area contributed by atoms with Gasteiger partial charge in [-0.05, 0) is 90.1 Å². The minimum Gasteiger partial charge on any atom is -0.415 e. The van der Waals surface area contributed by atoms with E-state index in [-0.39, 0.29) is 33.8 Å². The molecule has 0 atom stereocenters. The number of halogens is 1. The monoisotopic (exact) mass is 819 g/mol. The predicted molar refractivity (Wildman–Crippen MR) is 223 cm³/mol. The number of benzene rings is 4. The molecule has 0 aliphatic rings. The maximum Gasteiger partial charge on any atom is 0.426 e. The summed E-state index contributed by atoms with van der Waals surface area (Å²) in [6.07, 6.45) is -1.05. The number of nitrogens with zero attached hydrogens (tertiary/aromatic N) is 1. The van der Waals surface area contributed by atoms with Gasteiger partial charge in [-0.25, -0.2) is 36.3 Å². The Morgan fingerprint density at radius 3 is 1.25 bits per heavy atom. The molecule has 14 heteroatoms. The molecule has 0 heterocycles. The largest absolute Gasteiger partial charge is 0.426 e. The lowest BCUT2D eigenvalue weighted by Gasteiger charge is -2.19. The van der Waals surface area contributed by atoms with Gasteiger partial charge in [0, 0.05) is 11.6 Å². The van der Waals surface area contributed by atoms with Gasteiger partial charge in [0.05, 0.1) is 9.79 Å². The third kappa shape index (κ3) is 20.3. The van der Waals surface area contributed by atoms with Crippen molar-refractivity contribution in [3.05, 3.63) is 120 Å². The lowest BCUT2D eigenvalue weighted by atomic mass is 9.87. The summed E-state index contributed by atoms with van der Waals surface area (Å²) in [4.78, 5) is 24.4. The van der Waals surface area contributed by atoms with Gasteiger partial charge in [0.25, 0.3) is 10.0 Å². The molecule has 0 fully saturated rings. The molecular formula is C41H58ClN3O8S2. The van der Waals surface area contributed by atoms with Gasteiger partial charge in [0.1, 0.15) is 11.5 Å². The quantitative estimate of drug-likeness (QED) is 0.165. The molecule has 0 aliphatic carbocycles. The lowest BCUT2D eigenvalue weighted by Crippen LogP contribution is -2.33. The fourth-order valence-corrected chi connectivity index (χ4v) is 5.79. The van der Waals surface area contributed by atoms with E-state index < -0.39 is 31.6 Å². The number of amides is 1. The first-order valence-corrected chi connectivity index (χ1v) is 20.6. The van der Waals surface area contributed by atoms with E-state index in [4.69, 9.17) is 21.5 Å². The number of para-hydroxylation sites is 2. The van der Waals surface area contributed by atoms with Crippen molar-refractivity contribution in [2.45, 2.75) is 90.4 Å². The number of sulfonamides is 2. The molecule has 3 N–H and O–H groups in total. The SMILES string of the molecule is C.CC(C)(C)c1ccc(S(=O)(=O)NC(=O)Oc2ccccc2)cc1.CC(C)(C)c1ccc(S(N)(=O)=O)cc1.CCN(CC)CC.O=C(Cl)Oc1ccccc1. The molecule has 55 heavy (non-hydrogen) atoms. The first-order chi connectivity index (χ1) is 25.0. The van der Waals surface area contributed by atoms with E-state index in [1.807, 2.05) is 31.6 Å². The molecule has 304 valence electrons. The van der Waals surface area contributed by atoms with Crippen molar-refractivity contribution in [2.24, 2.45) is 5.14 Å². The average molecular weight is 821 g/mol. The molecule has 0 unspecified atom stereocenters. The number of carbonyl (C=O) groups is 2. The summed E-state index contributed by atoms with van der Waals surface area (Å²) >= 11 is 4.95. The van der Waals surface area contributed by atoms with Crippen LogP contribution in [0.1, 0.15) is 80.9 Å². The van der Waals surface area contributed by atoms with Crippen molar-refractivity contribution < 1.29 is 35.9 Å². The summed E-state index contributed by atoms with van der Waals surface area (Å²) in [5, 5.41) is 4.99.